The van der Waals surface area contributed by atoms with Crippen molar-refractivity contribution in [3.63, 3.8) is 0 Å². The Kier molecular flexibility index (Phi) is 5.88. The summed E-state index contributed by atoms with van der Waals surface area (Å²) in [6.45, 7) is 5.10. The number of hydrogen-bond donors (Lipinski definition) is 1. The van der Waals surface area contributed by atoms with E-state index in [1.807, 2.05) is 6.21 Å². The van der Waals surface area contributed by atoms with Gasteiger partial charge in [0.2, 0.25) is 0 Å². The van der Waals surface area contributed by atoms with Gasteiger partial charge in [0, 0.05) is 19.7 Å². The zero-order valence-corrected chi connectivity index (χ0v) is 12.8. The molecular formula is C14H25N3OS. The second kappa shape index (κ2) is 7.43. The summed E-state index contributed by atoms with van der Waals surface area (Å²) in [5, 5.41) is 0. The summed E-state index contributed by atoms with van der Waals surface area (Å²) >= 11 is 1.38. The van der Waals surface area contributed by atoms with Gasteiger partial charge in [-0.25, -0.2) is 9.12 Å². The van der Waals surface area contributed by atoms with E-state index in [2.05, 4.69) is 34.1 Å². The van der Waals surface area contributed by atoms with Gasteiger partial charge < -0.3 is 9.64 Å². The van der Waals surface area contributed by atoms with Crippen LogP contribution in [0.5, 0.6) is 0 Å². The summed E-state index contributed by atoms with van der Waals surface area (Å²) in [5.74, 6) is 0. The molecule has 2 heterocycles. The van der Waals surface area contributed by atoms with Crippen molar-refractivity contribution < 1.29 is 4.74 Å². The SMILES string of the molecule is CCCCCCOC1(C2=CCCN(C)C2)C=NSN1. The highest BCUT2D eigenvalue weighted by molar-refractivity contribution is 7.96. The molecule has 0 aliphatic carbocycles. The molecule has 2 aliphatic rings. The predicted molar refractivity (Wildman–Crippen MR) is 82.2 cm³/mol. The van der Waals surface area contributed by atoms with Crippen LogP contribution in [0.1, 0.15) is 39.0 Å². The molecule has 19 heavy (non-hydrogen) atoms. The first-order valence-corrected chi connectivity index (χ1v) is 8.04. The van der Waals surface area contributed by atoms with Crippen LogP contribution in [0.25, 0.3) is 0 Å². The Labute approximate surface area is 120 Å². The molecule has 0 saturated carbocycles. The minimum atomic E-state index is -0.467. The lowest BCUT2D eigenvalue weighted by atomic mass is 10.00. The average Bonchev–Trinajstić information content (AvgIpc) is 2.89. The number of likely N-dealkylation sites (N-methyl/N-ethyl adjacent to an activating group) is 1. The van der Waals surface area contributed by atoms with Gasteiger partial charge in [-0.05, 0) is 25.5 Å². The summed E-state index contributed by atoms with van der Waals surface area (Å²) in [6.07, 6.45) is 10.2. The van der Waals surface area contributed by atoms with Crippen LogP contribution in [0.4, 0.5) is 0 Å². The Morgan fingerprint density at radius 3 is 3.05 bits per heavy atom. The van der Waals surface area contributed by atoms with E-state index in [4.69, 9.17) is 4.74 Å². The number of nitrogens with one attached hydrogen (secondary N) is 1. The van der Waals surface area contributed by atoms with Crippen LogP contribution >= 0.6 is 12.1 Å². The van der Waals surface area contributed by atoms with Crippen LogP contribution in [0.15, 0.2) is 16.0 Å². The molecule has 1 N–H and O–H groups in total. The maximum Gasteiger partial charge on any atom is 0.189 e. The van der Waals surface area contributed by atoms with Gasteiger partial charge in [0.25, 0.3) is 0 Å². The largest absolute Gasteiger partial charge is 0.350 e. The number of unbranched alkanes of at least 4 members (excludes halogenated alkanes) is 3. The molecule has 2 aliphatic heterocycles. The van der Waals surface area contributed by atoms with E-state index >= 15 is 0 Å². The van der Waals surface area contributed by atoms with Gasteiger partial charge in [0.05, 0.1) is 18.3 Å². The summed E-state index contributed by atoms with van der Waals surface area (Å²) < 4.78 is 13.7. The lowest BCUT2D eigenvalue weighted by Crippen LogP contribution is -2.49. The molecule has 0 saturated heterocycles. The van der Waals surface area contributed by atoms with Crippen molar-refractivity contribution in [2.45, 2.75) is 44.8 Å². The Bertz CT molecular complexity index is 346. The molecular weight excluding hydrogens is 258 g/mol. The molecule has 0 aromatic carbocycles. The molecule has 1 unspecified atom stereocenters. The van der Waals surface area contributed by atoms with E-state index < -0.39 is 5.72 Å². The minimum Gasteiger partial charge on any atom is -0.350 e. The number of ether oxygens (including phenoxy) is 1. The fourth-order valence-corrected chi connectivity index (χ4v) is 3.09. The molecule has 0 aromatic heterocycles. The van der Waals surface area contributed by atoms with E-state index in [0.29, 0.717) is 0 Å². The van der Waals surface area contributed by atoms with Crippen LogP contribution in [-0.4, -0.2) is 43.6 Å². The molecule has 2 rings (SSSR count). The van der Waals surface area contributed by atoms with Gasteiger partial charge in [-0.3, -0.25) is 0 Å². The number of rotatable bonds is 7. The van der Waals surface area contributed by atoms with Crippen molar-refractivity contribution in [1.82, 2.24) is 9.62 Å². The van der Waals surface area contributed by atoms with Gasteiger partial charge in [0.1, 0.15) is 0 Å². The fraction of sp³-hybridized carbons (Fsp3) is 0.786. The van der Waals surface area contributed by atoms with Gasteiger partial charge >= 0.3 is 0 Å². The predicted octanol–water partition coefficient (Wildman–Crippen LogP) is 2.78. The average molecular weight is 283 g/mol. The lowest BCUT2D eigenvalue weighted by molar-refractivity contribution is 0.0251. The van der Waals surface area contributed by atoms with E-state index in [-0.39, 0.29) is 0 Å². The van der Waals surface area contributed by atoms with E-state index in [1.165, 1.54) is 37.0 Å². The second-order valence-corrected chi connectivity index (χ2v) is 5.93. The van der Waals surface area contributed by atoms with Crippen molar-refractivity contribution in [2.75, 3.05) is 26.7 Å². The van der Waals surface area contributed by atoms with Crippen LogP contribution in [0, 0.1) is 0 Å². The monoisotopic (exact) mass is 283 g/mol. The van der Waals surface area contributed by atoms with Gasteiger partial charge in [-0.15, -0.1) is 0 Å². The zero-order chi connectivity index (χ0) is 13.6. The van der Waals surface area contributed by atoms with E-state index in [1.54, 1.807) is 0 Å². The first-order valence-electron chi connectivity index (χ1n) is 7.26. The Morgan fingerprint density at radius 2 is 2.37 bits per heavy atom. The zero-order valence-electron chi connectivity index (χ0n) is 12.0. The highest BCUT2D eigenvalue weighted by atomic mass is 32.2. The summed E-state index contributed by atoms with van der Waals surface area (Å²) in [7, 11) is 2.15. The van der Waals surface area contributed by atoms with Crippen LogP contribution < -0.4 is 4.72 Å². The first kappa shape index (κ1) is 15.0. The number of hydrogen-bond acceptors (Lipinski definition) is 5. The topological polar surface area (TPSA) is 36.9 Å². The van der Waals surface area contributed by atoms with Crippen LogP contribution in [-0.2, 0) is 4.74 Å². The van der Waals surface area contributed by atoms with Crippen LogP contribution in [0.2, 0.25) is 0 Å². The minimum absolute atomic E-state index is 0.467. The maximum atomic E-state index is 6.15. The molecule has 108 valence electrons. The molecule has 0 radical (unpaired) electrons. The lowest BCUT2D eigenvalue weighted by Gasteiger charge is -2.34. The summed E-state index contributed by atoms with van der Waals surface area (Å²) in [6, 6.07) is 0. The Balaban J connectivity index is 1.90. The van der Waals surface area contributed by atoms with Gasteiger partial charge in [0.15, 0.2) is 5.72 Å². The molecule has 1 atom stereocenters. The van der Waals surface area contributed by atoms with E-state index in [9.17, 15) is 0 Å². The third-order valence-corrected chi connectivity index (χ3v) is 4.24. The van der Waals surface area contributed by atoms with Crippen molar-refractivity contribution in [3.05, 3.63) is 11.6 Å². The third kappa shape index (κ3) is 4.05. The highest BCUT2D eigenvalue weighted by Gasteiger charge is 2.38. The third-order valence-electron chi connectivity index (χ3n) is 3.63. The van der Waals surface area contributed by atoms with Gasteiger partial charge in [-0.2, -0.15) is 0 Å². The van der Waals surface area contributed by atoms with Crippen molar-refractivity contribution >= 4 is 18.3 Å². The molecule has 0 fully saturated rings. The summed E-state index contributed by atoms with van der Waals surface area (Å²) in [4.78, 5) is 2.33. The van der Waals surface area contributed by atoms with Gasteiger partial charge in [-0.1, -0.05) is 32.3 Å². The smallest absolute Gasteiger partial charge is 0.189 e. The van der Waals surface area contributed by atoms with Crippen molar-refractivity contribution in [1.29, 1.82) is 0 Å². The maximum absolute atomic E-state index is 6.15. The first-order chi connectivity index (χ1) is 9.27. The molecule has 5 heteroatoms. The standard InChI is InChI=1S/C14H25N3OS/c1-3-4-5-6-10-18-14(12-15-19-16-14)13-8-7-9-17(2)11-13/h8,12,16H,3-7,9-11H2,1-2H3. The normalized spacial score (nSPS) is 27.8. The fourth-order valence-electron chi connectivity index (χ4n) is 2.45. The van der Waals surface area contributed by atoms with Crippen LogP contribution in [0.3, 0.4) is 0 Å². The molecule has 0 amide bonds. The quantitative estimate of drug-likeness (QED) is 0.443. The Hall–Kier alpha value is -0.360. The second-order valence-electron chi connectivity index (χ2n) is 5.33. The molecule has 0 aromatic rings. The number of nitrogens with zero attached hydrogens (tertiary/aromatic N) is 2. The highest BCUT2D eigenvalue weighted by Crippen LogP contribution is 2.28. The molecule has 4 nitrogen and oxygen atoms in total. The van der Waals surface area contributed by atoms with Crippen molar-refractivity contribution in [2.24, 2.45) is 4.40 Å². The molecule has 0 bridgehead atoms. The van der Waals surface area contributed by atoms with Crippen molar-refractivity contribution in [3.8, 4) is 0 Å². The van der Waals surface area contributed by atoms with E-state index in [0.717, 1.165) is 32.5 Å². The summed E-state index contributed by atoms with van der Waals surface area (Å²) in [5.41, 5.74) is 0.830. The Morgan fingerprint density at radius 1 is 1.47 bits per heavy atom. The molecule has 0 spiro atoms.